The quantitative estimate of drug-likeness (QED) is 0.446. The minimum Gasteiger partial charge on any atom is -0.477 e. The van der Waals surface area contributed by atoms with E-state index in [4.69, 9.17) is 9.84 Å². The molecule has 0 bridgehead atoms. The van der Waals surface area contributed by atoms with Gasteiger partial charge in [-0.3, -0.25) is 10.1 Å². The van der Waals surface area contributed by atoms with Gasteiger partial charge in [-0.15, -0.1) is 0 Å². The standard InChI is InChI=1S/C13H18N2O5/c1-3-14(8-9-20-4-2)11-7-5-6-10(13(16)17)12(11)15(18)19/h5-7H,3-4,8-9H2,1-2H3,(H,16,17). The van der Waals surface area contributed by atoms with E-state index in [1.54, 1.807) is 11.0 Å². The first-order chi connectivity index (χ1) is 9.52. The Hall–Kier alpha value is -2.15. The molecule has 7 heteroatoms. The Morgan fingerprint density at radius 3 is 2.65 bits per heavy atom. The predicted octanol–water partition coefficient (Wildman–Crippen LogP) is 2.16. The van der Waals surface area contributed by atoms with Gasteiger partial charge in [0.2, 0.25) is 0 Å². The first-order valence-corrected chi connectivity index (χ1v) is 6.36. The van der Waals surface area contributed by atoms with Gasteiger partial charge in [-0.2, -0.15) is 0 Å². The van der Waals surface area contributed by atoms with Crippen molar-refractivity contribution in [1.29, 1.82) is 0 Å². The number of carboxylic acid groups (broad SMARTS) is 1. The van der Waals surface area contributed by atoms with Gasteiger partial charge in [0, 0.05) is 19.7 Å². The largest absolute Gasteiger partial charge is 0.477 e. The van der Waals surface area contributed by atoms with E-state index >= 15 is 0 Å². The fourth-order valence-corrected chi connectivity index (χ4v) is 1.92. The topological polar surface area (TPSA) is 92.9 Å². The minimum absolute atomic E-state index is 0.303. The van der Waals surface area contributed by atoms with Crippen molar-refractivity contribution >= 4 is 17.3 Å². The number of likely N-dealkylation sites (N-methyl/N-ethyl adjacent to an activating group) is 1. The zero-order valence-electron chi connectivity index (χ0n) is 11.5. The van der Waals surface area contributed by atoms with Crippen LogP contribution in [-0.2, 0) is 4.74 Å². The van der Waals surface area contributed by atoms with Crippen molar-refractivity contribution in [2.24, 2.45) is 0 Å². The molecule has 0 saturated heterocycles. The van der Waals surface area contributed by atoms with E-state index in [1.165, 1.54) is 12.1 Å². The summed E-state index contributed by atoms with van der Waals surface area (Å²) in [5.41, 5.74) is -0.377. The van der Waals surface area contributed by atoms with Crippen molar-refractivity contribution in [3.63, 3.8) is 0 Å². The number of aromatic carboxylic acids is 1. The van der Waals surface area contributed by atoms with E-state index in [0.717, 1.165) is 0 Å². The molecule has 0 unspecified atom stereocenters. The molecule has 0 saturated carbocycles. The van der Waals surface area contributed by atoms with Crippen LogP contribution in [-0.4, -0.2) is 42.3 Å². The Morgan fingerprint density at radius 2 is 2.15 bits per heavy atom. The van der Waals surface area contributed by atoms with Gasteiger partial charge in [-0.25, -0.2) is 4.79 Å². The third kappa shape index (κ3) is 3.67. The summed E-state index contributed by atoms with van der Waals surface area (Å²) >= 11 is 0. The highest BCUT2D eigenvalue weighted by molar-refractivity contribution is 5.95. The van der Waals surface area contributed by atoms with Gasteiger partial charge in [-0.05, 0) is 26.0 Å². The molecule has 0 heterocycles. The highest BCUT2D eigenvalue weighted by atomic mass is 16.6. The fraction of sp³-hybridized carbons (Fsp3) is 0.462. The van der Waals surface area contributed by atoms with Gasteiger partial charge in [-0.1, -0.05) is 6.07 Å². The van der Waals surface area contributed by atoms with Crippen LogP contribution in [0, 0.1) is 10.1 Å². The van der Waals surface area contributed by atoms with Gasteiger partial charge in [0.25, 0.3) is 0 Å². The number of ether oxygens (including phenoxy) is 1. The molecule has 0 aliphatic carbocycles. The average Bonchev–Trinajstić information content (AvgIpc) is 2.42. The second-order valence-electron chi connectivity index (χ2n) is 4.01. The monoisotopic (exact) mass is 282 g/mol. The Labute approximate surface area is 116 Å². The molecule has 0 aromatic heterocycles. The van der Waals surface area contributed by atoms with Gasteiger partial charge < -0.3 is 14.7 Å². The summed E-state index contributed by atoms with van der Waals surface area (Å²) in [4.78, 5) is 23.4. The van der Waals surface area contributed by atoms with Crippen LogP contribution in [0.4, 0.5) is 11.4 Å². The lowest BCUT2D eigenvalue weighted by molar-refractivity contribution is -0.384. The molecular weight excluding hydrogens is 264 g/mol. The number of carboxylic acids is 1. The first-order valence-electron chi connectivity index (χ1n) is 6.36. The van der Waals surface area contributed by atoms with Crippen LogP contribution in [0.15, 0.2) is 18.2 Å². The number of nitrogens with zero attached hydrogens (tertiary/aromatic N) is 2. The van der Waals surface area contributed by atoms with Crippen molar-refractivity contribution in [1.82, 2.24) is 0 Å². The lowest BCUT2D eigenvalue weighted by Crippen LogP contribution is -2.28. The second kappa shape index (κ2) is 7.44. The van der Waals surface area contributed by atoms with Crippen LogP contribution in [0.25, 0.3) is 0 Å². The maximum atomic E-state index is 11.2. The molecule has 0 aliphatic rings. The zero-order valence-corrected chi connectivity index (χ0v) is 11.5. The van der Waals surface area contributed by atoms with Crippen LogP contribution in [0.1, 0.15) is 24.2 Å². The summed E-state index contributed by atoms with van der Waals surface area (Å²) < 4.78 is 5.24. The summed E-state index contributed by atoms with van der Waals surface area (Å²) in [5.74, 6) is -1.31. The zero-order chi connectivity index (χ0) is 15.1. The molecule has 0 atom stereocenters. The summed E-state index contributed by atoms with van der Waals surface area (Å²) in [5, 5.41) is 20.2. The Balaban J connectivity index is 3.17. The predicted molar refractivity (Wildman–Crippen MR) is 74.4 cm³/mol. The van der Waals surface area contributed by atoms with Crippen LogP contribution >= 0.6 is 0 Å². The van der Waals surface area contributed by atoms with Crippen molar-refractivity contribution in [2.45, 2.75) is 13.8 Å². The number of carbonyl (C=O) groups is 1. The Bertz CT molecular complexity index is 490. The van der Waals surface area contributed by atoms with E-state index in [9.17, 15) is 14.9 Å². The lowest BCUT2D eigenvalue weighted by Gasteiger charge is -2.23. The van der Waals surface area contributed by atoms with E-state index in [2.05, 4.69) is 0 Å². The molecule has 110 valence electrons. The number of hydrogen-bond acceptors (Lipinski definition) is 5. The number of nitro benzene ring substituents is 1. The summed E-state index contributed by atoms with van der Waals surface area (Å²) in [6.07, 6.45) is 0. The Kier molecular flexibility index (Phi) is 5.92. The molecule has 1 rings (SSSR count). The molecule has 0 spiro atoms. The van der Waals surface area contributed by atoms with E-state index in [1.807, 2.05) is 13.8 Å². The fourth-order valence-electron chi connectivity index (χ4n) is 1.92. The number of nitro groups is 1. The summed E-state index contributed by atoms with van der Waals surface area (Å²) in [7, 11) is 0. The number of hydrogen-bond donors (Lipinski definition) is 1. The van der Waals surface area contributed by atoms with Gasteiger partial charge in [0.1, 0.15) is 11.3 Å². The minimum atomic E-state index is -1.31. The van der Waals surface area contributed by atoms with Crippen LogP contribution < -0.4 is 4.90 Å². The number of benzene rings is 1. The van der Waals surface area contributed by atoms with E-state index in [0.29, 0.717) is 32.0 Å². The normalized spacial score (nSPS) is 10.3. The smallest absolute Gasteiger partial charge is 0.342 e. The number of rotatable bonds is 8. The highest BCUT2D eigenvalue weighted by Crippen LogP contribution is 2.31. The highest BCUT2D eigenvalue weighted by Gasteiger charge is 2.26. The summed E-state index contributed by atoms with van der Waals surface area (Å²) in [6.45, 7) is 5.70. The Morgan fingerprint density at radius 1 is 1.45 bits per heavy atom. The lowest BCUT2D eigenvalue weighted by atomic mass is 10.1. The summed E-state index contributed by atoms with van der Waals surface area (Å²) in [6, 6.07) is 4.30. The molecular formula is C13H18N2O5. The molecule has 20 heavy (non-hydrogen) atoms. The first kappa shape index (κ1) is 15.9. The van der Waals surface area contributed by atoms with Crippen molar-refractivity contribution < 1.29 is 19.6 Å². The van der Waals surface area contributed by atoms with E-state index in [-0.39, 0.29) is 11.3 Å². The third-order valence-corrected chi connectivity index (χ3v) is 2.86. The SMILES string of the molecule is CCOCCN(CC)c1cccc(C(=O)O)c1[N+](=O)[O-]. The molecule has 1 N–H and O–H groups in total. The average molecular weight is 282 g/mol. The molecule has 7 nitrogen and oxygen atoms in total. The molecule has 0 amide bonds. The van der Waals surface area contributed by atoms with Gasteiger partial charge in [0.15, 0.2) is 0 Å². The van der Waals surface area contributed by atoms with Gasteiger partial charge in [0.05, 0.1) is 11.5 Å². The van der Waals surface area contributed by atoms with Gasteiger partial charge >= 0.3 is 11.7 Å². The molecule has 0 radical (unpaired) electrons. The van der Waals surface area contributed by atoms with Crippen molar-refractivity contribution in [3.8, 4) is 0 Å². The number of anilines is 1. The van der Waals surface area contributed by atoms with Crippen LogP contribution in [0.2, 0.25) is 0 Å². The van der Waals surface area contributed by atoms with Crippen LogP contribution in [0.5, 0.6) is 0 Å². The third-order valence-electron chi connectivity index (χ3n) is 2.86. The maximum Gasteiger partial charge on any atom is 0.342 e. The van der Waals surface area contributed by atoms with Crippen LogP contribution in [0.3, 0.4) is 0 Å². The van der Waals surface area contributed by atoms with Crippen molar-refractivity contribution in [2.75, 3.05) is 31.2 Å². The van der Waals surface area contributed by atoms with Crippen molar-refractivity contribution in [3.05, 3.63) is 33.9 Å². The van der Waals surface area contributed by atoms with E-state index < -0.39 is 10.9 Å². The molecule has 0 aliphatic heterocycles. The second-order valence-corrected chi connectivity index (χ2v) is 4.01. The molecule has 1 aromatic rings. The molecule has 0 fully saturated rings. The molecule has 1 aromatic carbocycles. The maximum absolute atomic E-state index is 11.2. The number of para-hydroxylation sites is 1.